The monoisotopic (exact) mass is 336 g/mol. The summed E-state index contributed by atoms with van der Waals surface area (Å²) in [7, 11) is 0. The van der Waals surface area contributed by atoms with E-state index in [1.165, 1.54) is 0 Å². The summed E-state index contributed by atoms with van der Waals surface area (Å²) in [6.45, 7) is 2.24. The van der Waals surface area contributed by atoms with Gasteiger partial charge in [0.25, 0.3) is 5.91 Å². The summed E-state index contributed by atoms with van der Waals surface area (Å²) in [6.07, 6.45) is -5.64. The molecule has 0 spiro atoms. The molecule has 6 nitrogen and oxygen atoms in total. The molecule has 0 heterocycles. The first-order chi connectivity index (χ1) is 10.6. The third-order valence-corrected chi connectivity index (χ3v) is 2.70. The van der Waals surface area contributed by atoms with Crippen LogP contribution in [0.5, 0.6) is 0 Å². The molecule has 2 atom stereocenters. The van der Waals surface area contributed by atoms with Gasteiger partial charge >= 0.3 is 12.1 Å². The Bertz CT molecular complexity index is 495. The molecule has 130 valence electrons. The number of carbonyl (C=O) groups excluding carboxylic acids is 1. The highest BCUT2D eigenvalue weighted by Gasteiger charge is 2.38. The molecule has 1 amide bonds. The first kappa shape index (κ1) is 20.9. The van der Waals surface area contributed by atoms with Crippen LogP contribution in [-0.4, -0.2) is 40.4 Å². The van der Waals surface area contributed by atoms with E-state index in [4.69, 9.17) is 15.6 Å². The number of nitrogens with two attached hydrogens (primary N) is 1. The van der Waals surface area contributed by atoms with Crippen LogP contribution in [0.2, 0.25) is 0 Å². The van der Waals surface area contributed by atoms with Crippen molar-refractivity contribution in [1.82, 2.24) is 5.32 Å². The number of carboxylic acid groups (broad SMARTS) is 1. The molecule has 0 aliphatic carbocycles. The minimum atomic E-state index is -5.08. The molecule has 1 rings (SSSR count). The van der Waals surface area contributed by atoms with Gasteiger partial charge in [0.05, 0.1) is 0 Å². The SMILES string of the molecule is CCC(N)[C@@H](O)C(=O)NCc1ccccc1.O=C(O)C(F)(F)F. The Kier molecular flexibility index (Phi) is 8.89. The van der Waals surface area contributed by atoms with Crippen molar-refractivity contribution in [3.8, 4) is 0 Å². The number of hydrogen-bond acceptors (Lipinski definition) is 4. The van der Waals surface area contributed by atoms with Gasteiger partial charge in [0, 0.05) is 12.6 Å². The van der Waals surface area contributed by atoms with Crippen LogP contribution in [0.4, 0.5) is 13.2 Å². The van der Waals surface area contributed by atoms with Crippen LogP contribution in [0.3, 0.4) is 0 Å². The van der Waals surface area contributed by atoms with Gasteiger partial charge in [0.1, 0.15) is 6.10 Å². The average molecular weight is 336 g/mol. The van der Waals surface area contributed by atoms with Gasteiger partial charge in [-0.3, -0.25) is 4.79 Å². The number of alkyl halides is 3. The predicted octanol–water partition coefficient (Wildman–Crippen LogP) is 1.03. The number of amides is 1. The number of carboxylic acids is 1. The van der Waals surface area contributed by atoms with E-state index in [-0.39, 0.29) is 0 Å². The summed E-state index contributed by atoms with van der Waals surface area (Å²) in [4.78, 5) is 20.4. The lowest BCUT2D eigenvalue weighted by Crippen LogP contribution is -2.45. The second-order valence-electron chi connectivity index (χ2n) is 4.52. The molecule has 1 aromatic carbocycles. The van der Waals surface area contributed by atoms with E-state index in [0.29, 0.717) is 13.0 Å². The van der Waals surface area contributed by atoms with Crippen molar-refractivity contribution >= 4 is 11.9 Å². The fraction of sp³-hybridized carbons (Fsp3) is 0.429. The third kappa shape index (κ3) is 8.79. The van der Waals surface area contributed by atoms with E-state index >= 15 is 0 Å². The number of benzene rings is 1. The predicted molar refractivity (Wildman–Crippen MR) is 76.3 cm³/mol. The molecular weight excluding hydrogens is 317 g/mol. The Morgan fingerprint density at radius 2 is 1.74 bits per heavy atom. The zero-order valence-corrected chi connectivity index (χ0v) is 12.4. The number of halogens is 3. The van der Waals surface area contributed by atoms with E-state index in [1.54, 1.807) is 0 Å². The molecule has 0 radical (unpaired) electrons. The summed E-state index contributed by atoms with van der Waals surface area (Å²) in [5.41, 5.74) is 6.57. The van der Waals surface area contributed by atoms with Gasteiger partial charge < -0.3 is 21.3 Å². The Labute approximate surface area is 131 Å². The van der Waals surface area contributed by atoms with Gasteiger partial charge in [-0.1, -0.05) is 37.3 Å². The van der Waals surface area contributed by atoms with Crippen LogP contribution in [-0.2, 0) is 16.1 Å². The lowest BCUT2D eigenvalue weighted by molar-refractivity contribution is -0.192. The van der Waals surface area contributed by atoms with E-state index < -0.39 is 30.2 Å². The topological polar surface area (TPSA) is 113 Å². The van der Waals surface area contributed by atoms with E-state index in [0.717, 1.165) is 5.56 Å². The van der Waals surface area contributed by atoms with Gasteiger partial charge in [0.2, 0.25) is 0 Å². The quantitative estimate of drug-likeness (QED) is 0.642. The highest BCUT2D eigenvalue weighted by Crippen LogP contribution is 2.13. The number of nitrogens with one attached hydrogen (secondary N) is 1. The standard InChI is InChI=1S/C12H18N2O2.C2HF3O2/c1-2-10(13)11(15)12(16)14-8-9-6-4-3-5-7-9;3-2(4,5)1(6)7/h3-7,10-11,15H,2,8,13H2,1H3,(H,14,16);(H,6,7)/t10?,11-;/m1./s1. The highest BCUT2D eigenvalue weighted by molar-refractivity contribution is 5.81. The molecule has 23 heavy (non-hydrogen) atoms. The van der Waals surface area contributed by atoms with Crippen LogP contribution >= 0.6 is 0 Å². The molecule has 9 heteroatoms. The number of carbonyl (C=O) groups is 2. The zero-order chi connectivity index (χ0) is 18.0. The molecule has 1 unspecified atom stereocenters. The highest BCUT2D eigenvalue weighted by atomic mass is 19.4. The van der Waals surface area contributed by atoms with Crippen LogP contribution in [0.1, 0.15) is 18.9 Å². The molecule has 0 aliphatic heterocycles. The summed E-state index contributed by atoms with van der Waals surface area (Å²) < 4.78 is 31.7. The molecule has 0 bridgehead atoms. The smallest absolute Gasteiger partial charge is 0.475 e. The van der Waals surface area contributed by atoms with E-state index in [1.807, 2.05) is 37.3 Å². The molecule has 0 saturated carbocycles. The Balaban J connectivity index is 0.000000585. The number of aliphatic carboxylic acids is 1. The van der Waals surface area contributed by atoms with Crippen LogP contribution < -0.4 is 11.1 Å². The fourth-order valence-corrected chi connectivity index (χ4v) is 1.31. The minimum Gasteiger partial charge on any atom is -0.475 e. The van der Waals surface area contributed by atoms with Gasteiger partial charge in [-0.25, -0.2) is 4.79 Å². The maximum atomic E-state index is 11.5. The second kappa shape index (κ2) is 9.80. The maximum absolute atomic E-state index is 11.5. The van der Waals surface area contributed by atoms with Crippen molar-refractivity contribution in [2.24, 2.45) is 5.73 Å². The Hall–Kier alpha value is -2.13. The summed E-state index contributed by atoms with van der Waals surface area (Å²) in [5.74, 6) is -3.18. The molecule has 5 N–H and O–H groups in total. The molecular formula is C14H19F3N2O4. The van der Waals surface area contributed by atoms with Crippen molar-refractivity contribution < 1.29 is 33.0 Å². The Morgan fingerprint density at radius 3 is 2.13 bits per heavy atom. The number of aliphatic hydroxyl groups is 1. The van der Waals surface area contributed by atoms with Gasteiger partial charge in [-0.2, -0.15) is 13.2 Å². The normalized spacial score (nSPS) is 13.3. The molecule has 0 fully saturated rings. The number of hydrogen-bond donors (Lipinski definition) is 4. The second-order valence-corrected chi connectivity index (χ2v) is 4.52. The van der Waals surface area contributed by atoms with Gasteiger partial charge in [-0.15, -0.1) is 0 Å². The van der Waals surface area contributed by atoms with Crippen molar-refractivity contribution in [3.05, 3.63) is 35.9 Å². The lowest BCUT2D eigenvalue weighted by Gasteiger charge is -2.16. The molecule has 1 aromatic rings. The van der Waals surface area contributed by atoms with Crippen molar-refractivity contribution in [1.29, 1.82) is 0 Å². The summed E-state index contributed by atoms with van der Waals surface area (Å²) >= 11 is 0. The lowest BCUT2D eigenvalue weighted by atomic mass is 10.1. The summed E-state index contributed by atoms with van der Waals surface area (Å²) in [5, 5.41) is 19.3. The number of rotatable bonds is 5. The van der Waals surface area contributed by atoms with Crippen LogP contribution in [0.15, 0.2) is 30.3 Å². The largest absolute Gasteiger partial charge is 0.490 e. The van der Waals surface area contributed by atoms with Crippen molar-refractivity contribution in [2.45, 2.75) is 38.2 Å². The summed E-state index contributed by atoms with van der Waals surface area (Å²) in [6, 6.07) is 9.02. The number of aliphatic hydroxyl groups excluding tert-OH is 1. The molecule has 0 aliphatic rings. The average Bonchev–Trinajstić information content (AvgIpc) is 2.51. The third-order valence-electron chi connectivity index (χ3n) is 2.70. The minimum absolute atomic E-state index is 0.410. The van der Waals surface area contributed by atoms with Gasteiger partial charge in [-0.05, 0) is 12.0 Å². The Morgan fingerprint density at radius 1 is 1.26 bits per heavy atom. The molecule has 0 aromatic heterocycles. The first-order valence-corrected chi connectivity index (χ1v) is 6.65. The van der Waals surface area contributed by atoms with Gasteiger partial charge in [0.15, 0.2) is 0 Å². The van der Waals surface area contributed by atoms with Crippen molar-refractivity contribution in [3.63, 3.8) is 0 Å². The fourth-order valence-electron chi connectivity index (χ4n) is 1.31. The van der Waals surface area contributed by atoms with E-state index in [2.05, 4.69) is 5.32 Å². The first-order valence-electron chi connectivity index (χ1n) is 6.65. The van der Waals surface area contributed by atoms with E-state index in [9.17, 15) is 23.1 Å². The maximum Gasteiger partial charge on any atom is 0.490 e. The van der Waals surface area contributed by atoms with Crippen LogP contribution in [0.25, 0.3) is 0 Å². The van der Waals surface area contributed by atoms with Crippen LogP contribution in [0, 0.1) is 0 Å². The zero-order valence-electron chi connectivity index (χ0n) is 12.4. The molecule has 0 saturated heterocycles. The van der Waals surface area contributed by atoms with Crippen molar-refractivity contribution in [2.75, 3.05) is 0 Å².